The summed E-state index contributed by atoms with van der Waals surface area (Å²) in [6.45, 7) is 2.62. The van der Waals surface area contributed by atoms with E-state index in [0.29, 0.717) is 17.1 Å². The molecule has 2 aromatic carbocycles. The van der Waals surface area contributed by atoms with Crippen LogP contribution in [0, 0.1) is 0 Å². The number of hydrogen-bond acceptors (Lipinski definition) is 3. The van der Waals surface area contributed by atoms with Gasteiger partial charge in [0.1, 0.15) is 5.75 Å². The summed E-state index contributed by atoms with van der Waals surface area (Å²) < 4.78 is 5.23. The Balaban J connectivity index is 1.85. The summed E-state index contributed by atoms with van der Waals surface area (Å²) in [6.07, 6.45) is 0.820. The van der Waals surface area contributed by atoms with E-state index in [4.69, 9.17) is 16.3 Å². The predicted octanol–water partition coefficient (Wildman–Crippen LogP) is 5.68. The fourth-order valence-corrected chi connectivity index (χ4v) is 3.99. The van der Waals surface area contributed by atoms with E-state index in [2.05, 4.69) is 18.4 Å². The Morgan fingerprint density at radius 3 is 2.56 bits per heavy atom. The van der Waals surface area contributed by atoms with Crippen molar-refractivity contribution in [3.05, 3.63) is 87.1 Å². The molecule has 0 spiro atoms. The lowest BCUT2D eigenvalue weighted by atomic mass is 10.1. The summed E-state index contributed by atoms with van der Waals surface area (Å²) in [5, 5.41) is 2.63. The quantitative estimate of drug-likeness (QED) is 0.511. The molecule has 1 aromatic heterocycles. The van der Waals surface area contributed by atoms with Crippen LogP contribution in [0.3, 0.4) is 0 Å². The van der Waals surface area contributed by atoms with Crippen LogP contribution in [-0.4, -0.2) is 24.0 Å². The Kier molecular flexibility index (Phi) is 6.54. The van der Waals surface area contributed by atoms with Crippen LogP contribution in [0.15, 0.2) is 66.0 Å². The number of carbonyl (C=O) groups excluding carboxylic acids is 1. The van der Waals surface area contributed by atoms with E-state index in [1.165, 1.54) is 4.88 Å². The molecule has 0 fully saturated rings. The van der Waals surface area contributed by atoms with Gasteiger partial charge >= 0.3 is 0 Å². The third-order valence-electron chi connectivity index (χ3n) is 4.45. The van der Waals surface area contributed by atoms with Gasteiger partial charge in [-0.05, 0) is 54.3 Å². The summed E-state index contributed by atoms with van der Waals surface area (Å²) in [4.78, 5) is 16.4. The van der Waals surface area contributed by atoms with Gasteiger partial charge in [0, 0.05) is 34.5 Å². The van der Waals surface area contributed by atoms with Gasteiger partial charge in [0.2, 0.25) is 0 Å². The first-order chi connectivity index (χ1) is 13.1. The number of methoxy groups -OCH3 is 1. The second kappa shape index (κ2) is 9.07. The molecule has 140 valence electrons. The summed E-state index contributed by atoms with van der Waals surface area (Å²) in [5.41, 5.74) is 1.67. The molecule has 0 saturated heterocycles. The Morgan fingerprint density at radius 2 is 1.93 bits per heavy atom. The fourth-order valence-electron chi connectivity index (χ4n) is 2.97. The first-order valence-corrected chi connectivity index (χ1v) is 10.0. The zero-order chi connectivity index (χ0) is 19.2. The van der Waals surface area contributed by atoms with Crippen LogP contribution in [-0.2, 0) is 13.0 Å². The molecule has 0 aliphatic carbocycles. The standard InChI is InChI=1S/C22H22ClNO2S/c1-16(13-21-7-4-12-27-21)24(15-17-8-10-20(26-2)11-9-17)22(25)18-5-3-6-19(23)14-18/h3-12,14,16H,13,15H2,1-2H3. The minimum Gasteiger partial charge on any atom is -0.497 e. The van der Waals surface area contributed by atoms with Gasteiger partial charge < -0.3 is 9.64 Å². The van der Waals surface area contributed by atoms with Crippen LogP contribution in [0.1, 0.15) is 27.7 Å². The molecule has 0 aliphatic heterocycles. The average Bonchev–Trinajstić information content (AvgIpc) is 3.19. The van der Waals surface area contributed by atoms with Crippen molar-refractivity contribution in [1.29, 1.82) is 0 Å². The van der Waals surface area contributed by atoms with Crippen molar-refractivity contribution in [1.82, 2.24) is 4.90 Å². The average molecular weight is 400 g/mol. The summed E-state index contributed by atoms with van der Waals surface area (Å²) >= 11 is 7.81. The number of thiophene rings is 1. The van der Waals surface area contributed by atoms with E-state index >= 15 is 0 Å². The molecule has 1 atom stereocenters. The number of nitrogens with zero attached hydrogens (tertiary/aromatic N) is 1. The van der Waals surface area contributed by atoms with Crippen molar-refractivity contribution >= 4 is 28.8 Å². The third-order valence-corrected chi connectivity index (χ3v) is 5.59. The van der Waals surface area contributed by atoms with Gasteiger partial charge in [-0.2, -0.15) is 0 Å². The van der Waals surface area contributed by atoms with E-state index in [1.807, 2.05) is 47.4 Å². The van der Waals surface area contributed by atoms with Gasteiger partial charge in [0.25, 0.3) is 5.91 Å². The van der Waals surface area contributed by atoms with E-state index in [1.54, 1.807) is 30.6 Å². The van der Waals surface area contributed by atoms with E-state index in [9.17, 15) is 4.79 Å². The molecule has 1 heterocycles. The zero-order valence-electron chi connectivity index (χ0n) is 15.4. The Bertz CT molecular complexity index is 878. The van der Waals surface area contributed by atoms with Gasteiger partial charge in [0.15, 0.2) is 0 Å². The number of benzene rings is 2. The molecule has 0 radical (unpaired) electrons. The zero-order valence-corrected chi connectivity index (χ0v) is 17.0. The smallest absolute Gasteiger partial charge is 0.254 e. The van der Waals surface area contributed by atoms with E-state index in [-0.39, 0.29) is 11.9 Å². The maximum Gasteiger partial charge on any atom is 0.254 e. The highest BCUT2D eigenvalue weighted by Crippen LogP contribution is 2.21. The van der Waals surface area contributed by atoms with Gasteiger partial charge in [-0.15, -0.1) is 11.3 Å². The second-order valence-electron chi connectivity index (χ2n) is 6.42. The van der Waals surface area contributed by atoms with Crippen LogP contribution < -0.4 is 4.74 Å². The molecule has 0 aliphatic rings. The monoisotopic (exact) mass is 399 g/mol. The molecule has 3 aromatic rings. The van der Waals surface area contributed by atoms with Gasteiger partial charge in [-0.1, -0.05) is 35.9 Å². The topological polar surface area (TPSA) is 29.5 Å². The SMILES string of the molecule is COc1ccc(CN(C(=O)c2cccc(Cl)c2)C(C)Cc2cccs2)cc1. The highest BCUT2D eigenvalue weighted by molar-refractivity contribution is 7.09. The molecule has 0 N–H and O–H groups in total. The number of amides is 1. The largest absolute Gasteiger partial charge is 0.497 e. The molecule has 0 saturated carbocycles. The van der Waals surface area contributed by atoms with Crippen molar-refractivity contribution in [3.63, 3.8) is 0 Å². The van der Waals surface area contributed by atoms with E-state index < -0.39 is 0 Å². The molecule has 1 unspecified atom stereocenters. The Hall–Kier alpha value is -2.30. The lowest BCUT2D eigenvalue weighted by Crippen LogP contribution is -2.39. The van der Waals surface area contributed by atoms with Gasteiger partial charge in [0.05, 0.1) is 7.11 Å². The Labute approximate surface area is 169 Å². The first kappa shape index (κ1) is 19.5. The fraction of sp³-hybridized carbons (Fsp3) is 0.227. The number of ether oxygens (including phenoxy) is 1. The molecule has 5 heteroatoms. The summed E-state index contributed by atoms with van der Waals surface area (Å²) in [7, 11) is 1.65. The molecular weight excluding hydrogens is 378 g/mol. The highest BCUT2D eigenvalue weighted by Gasteiger charge is 2.22. The van der Waals surface area contributed by atoms with Crippen molar-refractivity contribution in [3.8, 4) is 5.75 Å². The molecule has 0 bridgehead atoms. The van der Waals surface area contributed by atoms with Gasteiger partial charge in [-0.25, -0.2) is 0 Å². The lowest BCUT2D eigenvalue weighted by Gasteiger charge is -2.29. The van der Waals surface area contributed by atoms with Crippen LogP contribution in [0.4, 0.5) is 0 Å². The summed E-state index contributed by atoms with van der Waals surface area (Å²) in [5.74, 6) is 0.787. The minimum absolute atomic E-state index is 0.0163. The normalized spacial score (nSPS) is 11.8. The lowest BCUT2D eigenvalue weighted by molar-refractivity contribution is 0.0676. The second-order valence-corrected chi connectivity index (χ2v) is 7.89. The maximum absolute atomic E-state index is 13.2. The van der Waals surface area contributed by atoms with Crippen LogP contribution in [0.2, 0.25) is 5.02 Å². The number of halogens is 1. The number of hydrogen-bond donors (Lipinski definition) is 0. The van der Waals surface area contributed by atoms with E-state index in [0.717, 1.165) is 17.7 Å². The van der Waals surface area contributed by atoms with Gasteiger partial charge in [-0.3, -0.25) is 4.79 Å². The number of rotatable bonds is 7. The minimum atomic E-state index is -0.0163. The highest BCUT2D eigenvalue weighted by atomic mass is 35.5. The Morgan fingerprint density at radius 1 is 1.15 bits per heavy atom. The molecule has 27 heavy (non-hydrogen) atoms. The number of carbonyl (C=O) groups is 1. The molecule has 3 nitrogen and oxygen atoms in total. The van der Waals surface area contributed by atoms with Crippen LogP contribution in [0.25, 0.3) is 0 Å². The maximum atomic E-state index is 13.2. The van der Waals surface area contributed by atoms with Crippen molar-refractivity contribution in [2.75, 3.05) is 7.11 Å². The molecule has 3 rings (SSSR count). The molecule has 1 amide bonds. The van der Waals surface area contributed by atoms with Crippen LogP contribution >= 0.6 is 22.9 Å². The third kappa shape index (κ3) is 5.12. The van der Waals surface area contributed by atoms with Crippen LogP contribution in [0.5, 0.6) is 5.75 Å². The van der Waals surface area contributed by atoms with Crippen molar-refractivity contribution < 1.29 is 9.53 Å². The summed E-state index contributed by atoms with van der Waals surface area (Å²) in [6, 6.07) is 19.2. The van der Waals surface area contributed by atoms with Crippen molar-refractivity contribution in [2.24, 2.45) is 0 Å². The van der Waals surface area contributed by atoms with Crippen molar-refractivity contribution in [2.45, 2.75) is 25.9 Å². The first-order valence-electron chi connectivity index (χ1n) is 8.78. The molecular formula is C22H22ClNO2S. The predicted molar refractivity (Wildman–Crippen MR) is 112 cm³/mol.